The SMILES string of the molecule is CCn1cc[n+](C)c1C([O-])=NC1CCC(C)C(N=C([O-])c2n(CC)cc[n+]2C)C1. The molecular formula is C21H32N6O2. The summed E-state index contributed by atoms with van der Waals surface area (Å²) >= 11 is 0. The first-order valence-electron chi connectivity index (χ1n) is 10.5. The molecule has 2 aromatic rings. The van der Waals surface area contributed by atoms with Crippen LogP contribution in [0.2, 0.25) is 0 Å². The van der Waals surface area contributed by atoms with Crippen molar-refractivity contribution in [3.63, 3.8) is 0 Å². The van der Waals surface area contributed by atoms with Crippen LogP contribution in [0.15, 0.2) is 34.8 Å². The summed E-state index contributed by atoms with van der Waals surface area (Å²) in [5, 5.41) is 25.6. The van der Waals surface area contributed by atoms with E-state index in [0.717, 1.165) is 25.9 Å². The number of hydrogen-bond acceptors (Lipinski definition) is 4. The van der Waals surface area contributed by atoms with Crippen molar-refractivity contribution in [1.82, 2.24) is 9.13 Å². The van der Waals surface area contributed by atoms with E-state index in [9.17, 15) is 10.2 Å². The van der Waals surface area contributed by atoms with Crippen molar-refractivity contribution < 1.29 is 19.3 Å². The lowest BCUT2D eigenvalue weighted by Crippen LogP contribution is -2.42. The molecule has 158 valence electrons. The Morgan fingerprint density at radius 3 is 2.00 bits per heavy atom. The molecule has 0 spiro atoms. The molecule has 2 aromatic heterocycles. The van der Waals surface area contributed by atoms with Crippen LogP contribution in [0.3, 0.4) is 0 Å². The number of hydrogen-bond donors (Lipinski definition) is 0. The van der Waals surface area contributed by atoms with Gasteiger partial charge in [-0.2, -0.15) is 0 Å². The van der Waals surface area contributed by atoms with Gasteiger partial charge in [-0.3, -0.25) is 9.98 Å². The van der Waals surface area contributed by atoms with Gasteiger partial charge in [-0.25, -0.2) is 18.3 Å². The molecule has 2 heterocycles. The molecule has 0 aromatic carbocycles. The molecule has 29 heavy (non-hydrogen) atoms. The van der Waals surface area contributed by atoms with E-state index in [4.69, 9.17) is 0 Å². The summed E-state index contributed by atoms with van der Waals surface area (Å²) in [6.45, 7) is 7.58. The molecule has 3 rings (SSSR count). The number of aryl methyl sites for hydroxylation is 4. The highest BCUT2D eigenvalue weighted by atomic mass is 16.3. The molecule has 0 bridgehead atoms. The Kier molecular flexibility index (Phi) is 6.39. The zero-order valence-electron chi connectivity index (χ0n) is 18.1. The van der Waals surface area contributed by atoms with Gasteiger partial charge < -0.3 is 10.2 Å². The van der Waals surface area contributed by atoms with Crippen molar-refractivity contribution in [2.75, 3.05) is 0 Å². The highest BCUT2D eigenvalue weighted by Crippen LogP contribution is 2.29. The summed E-state index contributed by atoms with van der Waals surface area (Å²) in [7, 11) is 3.72. The maximum atomic E-state index is 12.9. The molecule has 0 amide bonds. The fourth-order valence-electron chi connectivity index (χ4n) is 4.11. The van der Waals surface area contributed by atoms with Crippen LogP contribution in [0.25, 0.3) is 0 Å². The molecule has 1 aliphatic carbocycles. The van der Waals surface area contributed by atoms with Gasteiger partial charge in [0, 0.05) is 0 Å². The molecular weight excluding hydrogens is 368 g/mol. The topological polar surface area (TPSA) is 88.5 Å². The fraction of sp³-hybridized carbons (Fsp3) is 0.619. The second-order valence-corrected chi connectivity index (χ2v) is 7.92. The van der Waals surface area contributed by atoms with Gasteiger partial charge in [0.05, 0.1) is 51.1 Å². The minimum atomic E-state index is -0.200. The van der Waals surface area contributed by atoms with Crippen LogP contribution in [-0.2, 0) is 27.2 Å². The molecule has 0 N–H and O–H groups in total. The molecule has 3 unspecified atom stereocenters. The Hall–Kier alpha value is -2.64. The maximum absolute atomic E-state index is 12.9. The molecule has 1 fully saturated rings. The molecule has 3 atom stereocenters. The summed E-state index contributed by atoms with van der Waals surface area (Å²) < 4.78 is 7.43. The van der Waals surface area contributed by atoms with Crippen LogP contribution < -0.4 is 19.3 Å². The van der Waals surface area contributed by atoms with Crippen LogP contribution in [-0.4, -0.2) is 33.0 Å². The first-order chi connectivity index (χ1) is 13.8. The van der Waals surface area contributed by atoms with Gasteiger partial charge in [-0.15, -0.1) is 0 Å². The number of aromatic nitrogens is 4. The van der Waals surface area contributed by atoms with Crippen LogP contribution in [0.5, 0.6) is 0 Å². The Labute approximate surface area is 172 Å². The van der Waals surface area contributed by atoms with Gasteiger partial charge in [-0.1, -0.05) is 6.92 Å². The second kappa shape index (κ2) is 8.80. The average molecular weight is 401 g/mol. The van der Waals surface area contributed by atoms with Crippen molar-refractivity contribution in [3.05, 3.63) is 36.4 Å². The van der Waals surface area contributed by atoms with Crippen molar-refractivity contribution in [1.29, 1.82) is 0 Å². The van der Waals surface area contributed by atoms with E-state index in [0.29, 0.717) is 24.0 Å². The third-order valence-corrected chi connectivity index (χ3v) is 5.93. The summed E-state index contributed by atoms with van der Waals surface area (Å²) in [5.74, 6) is 1.07. The minimum absolute atomic E-state index is 0.104. The Bertz CT molecular complexity index is 910. The van der Waals surface area contributed by atoms with E-state index in [2.05, 4.69) is 16.9 Å². The Balaban J connectivity index is 1.82. The zero-order valence-corrected chi connectivity index (χ0v) is 18.1. The molecule has 1 aliphatic rings. The highest BCUT2D eigenvalue weighted by Gasteiger charge is 2.28. The van der Waals surface area contributed by atoms with Crippen LogP contribution >= 0.6 is 0 Å². The first-order valence-corrected chi connectivity index (χ1v) is 10.5. The lowest BCUT2D eigenvalue weighted by molar-refractivity contribution is -0.674. The third-order valence-electron chi connectivity index (χ3n) is 5.93. The highest BCUT2D eigenvalue weighted by molar-refractivity contribution is 5.86. The number of imidazole rings is 2. The number of aliphatic imine (C=N–C) groups is 2. The smallest absolute Gasteiger partial charge is 0.291 e. The lowest BCUT2D eigenvalue weighted by atomic mass is 9.83. The third kappa shape index (κ3) is 4.36. The molecule has 1 saturated carbocycles. The quantitative estimate of drug-likeness (QED) is 0.370. The predicted molar refractivity (Wildman–Crippen MR) is 106 cm³/mol. The van der Waals surface area contributed by atoms with Gasteiger partial charge in [-0.05, 0) is 39.0 Å². The second-order valence-electron chi connectivity index (χ2n) is 7.92. The van der Waals surface area contributed by atoms with Crippen LogP contribution in [0.1, 0.15) is 51.7 Å². The van der Waals surface area contributed by atoms with Gasteiger partial charge in [0.15, 0.2) is 0 Å². The first kappa shape index (κ1) is 21.1. The lowest BCUT2D eigenvalue weighted by Gasteiger charge is -2.31. The van der Waals surface area contributed by atoms with E-state index in [1.165, 1.54) is 0 Å². The maximum Gasteiger partial charge on any atom is 0.291 e. The molecule has 8 heteroatoms. The monoisotopic (exact) mass is 400 g/mol. The molecule has 0 radical (unpaired) electrons. The van der Waals surface area contributed by atoms with Crippen molar-refractivity contribution in [3.8, 4) is 0 Å². The largest absolute Gasteiger partial charge is 0.853 e. The zero-order chi connectivity index (χ0) is 21.1. The number of rotatable bonds is 6. The molecule has 0 aliphatic heterocycles. The summed E-state index contributed by atoms with van der Waals surface area (Å²) in [6.07, 6.45) is 9.92. The van der Waals surface area contributed by atoms with Crippen molar-refractivity contribution in [2.24, 2.45) is 30.0 Å². The summed E-state index contributed by atoms with van der Waals surface area (Å²) in [4.78, 5) is 9.03. The van der Waals surface area contributed by atoms with E-state index in [1.807, 2.05) is 71.0 Å². The van der Waals surface area contributed by atoms with Gasteiger partial charge in [0.25, 0.3) is 11.6 Å². The standard InChI is InChI=1S/C21H32N6O2/c1-6-26-12-10-24(4)20(26)18(28)22-16-9-8-15(3)17(14-16)23-19(29)21-25(5)11-13-27(21)7-2/h10-13,15-17H,6-9,14H2,1-5H3. The van der Waals surface area contributed by atoms with Crippen LogP contribution in [0.4, 0.5) is 0 Å². The molecule has 8 nitrogen and oxygen atoms in total. The average Bonchev–Trinajstić information content (AvgIpc) is 3.26. The normalized spacial score (nSPS) is 23.6. The van der Waals surface area contributed by atoms with E-state index < -0.39 is 0 Å². The summed E-state index contributed by atoms with van der Waals surface area (Å²) in [6, 6.07) is -0.225. The van der Waals surface area contributed by atoms with E-state index in [1.54, 1.807) is 0 Å². The van der Waals surface area contributed by atoms with Crippen LogP contribution in [0, 0.1) is 5.92 Å². The number of nitrogens with zero attached hydrogens (tertiary/aromatic N) is 6. The van der Waals surface area contributed by atoms with E-state index in [-0.39, 0.29) is 23.9 Å². The Morgan fingerprint density at radius 1 is 0.966 bits per heavy atom. The minimum Gasteiger partial charge on any atom is -0.853 e. The van der Waals surface area contributed by atoms with Crippen molar-refractivity contribution >= 4 is 11.8 Å². The van der Waals surface area contributed by atoms with Gasteiger partial charge in [0.1, 0.15) is 24.8 Å². The van der Waals surface area contributed by atoms with Gasteiger partial charge in [0.2, 0.25) is 0 Å². The van der Waals surface area contributed by atoms with Gasteiger partial charge >= 0.3 is 0 Å². The molecule has 0 saturated heterocycles. The predicted octanol–water partition coefficient (Wildman–Crippen LogP) is -0.550. The fourth-order valence-corrected chi connectivity index (χ4v) is 4.11. The summed E-state index contributed by atoms with van der Waals surface area (Å²) in [5.41, 5.74) is 0. The van der Waals surface area contributed by atoms with Crippen molar-refractivity contribution in [2.45, 2.75) is 65.2 Å². The Morgan fingerprint density at radius 2 is 1.48 bits per heavy atom. The van der Waals surface area contributed by atoms with E-state index >= 15 is 0 Å².